The third-order valence-electron chi connectivity index (χ3n) is 4.19. The Balaban J connectivity index is 2.27. The molecule has 1 aromatic carbocycles. The minimum absolute atomic E-state index is 0.187. The van der Waals surface area contributed by atoms with E-state index in [9.17, 15) is 14.7 Å². The Labute approximate surface area is 133 Å². The number of H-pyrrole nitrogens is 1. The lowest BCUT2D eigenvalue weighted by atomic mass is 9.90. The van der Waals surface area contributed by atoms with Crippen LogP contribution in [0, 0.1) is 0 Å². The first-order valence-corrected chi connectivity index (χ1v) is 7.70. The molecule has 3 rings (SSSR count). The number of hydrogen-bond acceptors (Lipinski definition) is 4. The van der Waals surface area contributed by atoms with Crippen molar-refractivity contribution in [1.29, 1.82) is 0 Å². The van der Waals surface area contributed by atoms with Gasteiger partial charge in [0.1, 0.15) is 0 Å². The van der Waals surface area contributed by atoms with Gasteiger partial charge in [0.2, 0.25) is 5.88 Å². The number of aromatic amines is 1. The summed E-state index contributed by atoms with van der Waals surface area (Å²) in [6, 6.07) is 7.40. The second kappa shape index (κ2) is 5.38. The molecule has 0 saturated carbocycles. The zero-order valence-corrected chi connectivity index (χ0v) is 13.5. The Bertz CT molecular complexity index is 859. The first kappa shape index (κ1) is 15.6. The Kier molecular flexibility index (Phi) is 3.64. The van der Waals surface area contributed by atoms with Crippen LogP contribution in [0.4, 0.5) is 0 Å². The molecule has 0 bridgehead atoms. The van der Waals surface area contributed by atoms with E-state index in [0.717, 1.165) is 17.5 Å². The topological polar surface area (TPSA) is 87.1 Å². The van der Waals surface area contributed by atoms with Gasteiger partial charge >= 0.3 is 5.69 Å². The highest BCUT2D eigenvalue weighted by Crippen LogP contribution is 2.32. The van der Waals surface area contributed by atoms with Crippen LogP contribution < -0.4 is 16.6 Å². The molecular weight excluding hydrogens is 294 g/mol. The molecule has 2 aromatic rings. The molecular formula is C17H21N3O3. The van der Waals surface area contributed by atoms with Crippen LogP contribution in [-0.2, 0) is 12.0 Å². The standard InChI is InChI=1S/C17H21N3O3/c1-17(2,3)20-15(22)12(14(21)19-16(20)23)13-11-7-5-4-6-10(11)8-9-18-13/h4-7,13,18,22H,8-9H2,1-3H3,(H,19,21,23)/t13-/m1/s1. The van der Waals surface area contributed by atoms with Gasteiger partial charge in [-0.05, 0) is 38.3 Å². The van der Waals surface area contributed by atoms with Crippen molar-refractivity contribution in [3.8, 4) is 5.88 Å². The SMILES string of the molecule is CC(C)(C)n1c(O)c([C@@H]2NCCc3ccccc32)c(=O)[nH]c1=O. The van der Waals surface area contributed by atoms with E-state index in [1.54, 1.807) is 20.8 Å². The van der Waals surface area contributed by atoms with E-state index >= 15 is 0 Å². The highest BCUT2D eigenvalue weighted by atomic mass is 16.3. The summed E-state index contributed by atoms with van der Waals surface area (Å²) in [6.45, 7) is 6.12. The molecule has 1 atom stereocenters. The lowest BCUT2D eigenvalue weighted by Crippen LogP contribution is -2.43. The molecule has 23 heavy (non-hydrogen) atoms. The molecule has 0 spiro atoms. The van der Waals surface area contributed by atoms with Gasteiger partial charge in [0.05, 0.1) is 11.6 Å². The fourth-order valence-corrected chi connectivity index (χ4v) is 3.18. The average Bonchev–Trinajstić information content (AvgIpc) is 2.45. The van der Waals surface area contributed by atoms with Crippen LogP contribution in [0.2, 0.25) is 0 Å². The van der Waals surface area contributed by atoms with Gasteiger partial charge in [-0.1, -0.05) is 24.3 Å². The van der Waals surface area contributed by atoms with Crippen molar-refractivity contribution in [1.82, 2.24) is 14.9 Å². The molecule has 2 heterocycles. The molecule has 0 fully saturated rings. The number of nitrogens with one attached hydrogen (secondary N) is 2. The zero-order valence-electron chi connectivity index (χ0n) is 13.5. The van der Waals surface area contributed by atoms with Crippen LogP contribution >= 0.6 is 0 Å². The number of nitrogens with zero attached hydrogens (tertiary/aromatic N) is 1. The second-order valence-corrected chi connectivity index (χ2v) is 6.84. The minimum atomic E-state index is -0.645. The highest BCUT2D eigenvalue weighted by molar-refractivity contribution is 5.42. The van der Waals surface area contributed by atoms with Gasteiger partial charge in [0, 0.05) is 12.1 Å². The summed E-state index contributed by atoms with van der Waals surface area (Å²) in [6.07, 6.45) is 0.865. The second-order valence-electron chi connectivity index (χ2n) is 6.84. The van der Waals surface area contributed by atoms with Crippen molar-refractivity contribution >= 4 is 0 Å². The smallest absolute Gasteiger partial charge is 0.331 e. The number of aromatic hydroxyl groups is 1. The molecule has 0 aliphatic carbocycles. The van der Waals surface area contributed by atoms with Crippen LogP contribution in [0.3, 0.4) is 0 Å². The average molecular weight is 315 g/mol. The molecule has 122 valence electrons. The van der Waals surface area contributed by atoms with E-state index in [1.807, 2.05) is 24.3 Å². The molecule has 0 saturated heterocycles. The number of benzene rings is 1. The first-order chi connectivity index (χ1) is 10.8. The zero-order chi connectivity index (χ0) is 16.8. The lowest BCUT2D eigenvalue weighted by Gasteiger charge is -2.29. The summed E-state index contributed by atoms with van der Waals surface area (Å²) >= 11 is 0. The first-order valence-electron chi connectivity index (χ1n) is 7.70. The van der Waals surface area contributed by atoms with Crippen molar-refractivity contribution in [3.05, 3.63) is 61.8 Å². The van der Waals surface area contributed by atoms with E-state index in [4.69, 9.17) is 0 Å². The fourth-order valence-electron chi connectivity index (χ4n) is 3.18. The predicted molar refractivity (Wildman–Crippen MR) is 88.0 cm³/mol. The van der Waals surface area contributed by atoms with Crippen molar-refractivity contribution in [2.75, 3.05) is 6.54 Å². The summed E-state index contributed by atoms with van der Waals surface area (Å²) in [7, 11) is 0. The number of fused-ring (bicyclic) bond motifs is 1. The largest absolute Gasteiger partial charge is 0.494 e. The molecule has 6 nitrogen and oxygen atoms in total. The van der Waals surface area contributed by atoms with Gasteiger partial charge < -0.3 is 10.4 Å². The van der Waals surface area contributed by atoms with Gasteiger partial charge in [-0.25, -0.2) is 4.79 Å². The quantitative estimate of drug-likeness (QED) is 0.739. The number of rotatable bonds is 1. The van der Waals surface area contributed by atoms with Crippen molar-refractivity contribution in [2.45, 2.75) is 38.8 Å². The van der Waals surface area contributed by atoms with E-state index in [0.29, 0.717) is 6.54 Å². The van der Waals surface area contributed by atoms with Crippen LogP contribution in [0.25, 0.3) is 0 Å². The fraction of sp³-hybridized carbons (Fsp3) is 0.412. The maximum absolute atomic E-state index is 12.4. The Morgan fingerprint density at radius 1 is 1.22 bits per heavy atom. The van der Waals surface area contributed by atoms with Crippen LogP contribution in [0.5, 0.6) is 5.88 Å². The summed E-state index contributed by atoms with van der Waals surface area (Å²) in [5.74, 6) is -0.277. The predicted octanol–water partition coefficient (Wildman–Crippen LogP) is 1.23. The molecule has 3 N–H and O–H groups in total. The molecule has 0 unspecified atom stereocenters. The Hall–Kier alpha value is -2.34. The van der Waals surface area contributed by atoms with Crippen molar-refractivity contribution in [2.24, 2.45) is 0 Å². The molecule has 1 aliphatic rings. The van der Waals surface area contributed by atoms with Gasteiger partial charge in [-0.2, -0.15) is 0 Å². The van der Waals surface area contributed by atoms with Crippen LogP contribution in [0.15, 0.2) is 33.9 Å². The number of hydrogen-bond donors (Lipinski definition) is 3. The lowest BCUT2D eigenvalue weighted by molar-refractivity contribution is 0.298. The molecule has 1 aliphatic heterocycles. The summed E-state index contributed by atoms with van der Waals surface area (Å²) in [5, 5.41) is 13.9. The van der Waals surface area contributed by atoms with E-state index in [-0.39, 0.29) is 11.4 Å². The van der Waals surface area contributed by atoms with Crippen molar-refractivity contribution in [3.63, 3.8) is 0 Å². The van der Waals surface area contributed by atoms with Gasteiger partial charge in [0.15, 0.2) is 0 Å². The van der Waals surface area contributed by atoms with E-state index < -0.39 is 22.8 Å². The van der Waals surface area contributed by atoms with Crippen LogP contribution in [-0.4, -0.2) is 21.2 Å². The third kappa shape index (κ3) is 2.59. The van der Waals surface area contributed by atoms with Crippen molar-refractivity contribution < 1.29 is 5.11 Å². The maximum atomic E-state index is 12.4. The number of aromatic nitrogens is 2. The third-order valence-corrected chi connectivity index (χ3v) is 4.19. The highest BCUT2D eigenvalue weighted by Gasteiger charge is 2.30. The van der Waals surface area contributed by atoms with Crippen LogP contribution in [0.1, 0.15) is 43.5 Å². The molecule has 1 aromatic heterocycles. The minimum Gasteiger partial charge on any atom is -0.494 e. The molecule has 0 radical (unpaired) electrons. The van der Waals surface area contributed by atoms with Gasteiger partial charge in [0.25, 0.3) is 5.56 Å². The van der Waals surface area contributed by atoms with Gasteiger partial charge in [-0.15, -0.1) is 0 Å². The van der Waals surface area contributed by atoms with Gasteiger partial charge in [-0.3, -0.25) is 14.3 Å². The molecule has 0 amide bonds. The normalized spacial score (nSPS) is 17.8. The summed E-state index contributed by atoms with van der Waals surface area (Å²) in [5.41, 5.74) is 0.484. The monoisotopic (exact) mass is 315 g/mol. The van der Waals surface area contributed by atoms with E-state index in [2.05, 4.69) is 10.3 Å². The summed E-state index contributed by atoms with van der Waals surface area (Å²) < 4.78 is 1.22. The maximum Gasteiger partial charge on any atom is 0.331 e. The Morgan fingerprint density at radius 2 is 1.91 bits per heavy atom. The summed E-state index contributed by atoms with van der Waals surface area (Å²) in [4.78, 5) is 26.8. The van der Waals surface area contributed by atoms with E-state index in [1.165, 1.54) is 4.57 Å². The Morgan fingerprint density at radius 3 is 2.61 bits per heavy atom. The molecule has 6 heteroatoms.